The standard InChI is InChI=1S/C18H23N3O3S/c1-12-15(17(23)20-18(24)19-12)9-16(22)21(10-13-7-8-25-11-13)14-5-3-2-4-6-14/h7-8,11,14H,2-6,9-10H2,1H3,(H2,19,20,23,24). The van der Waals surface area contributed by atoms with Gasteiger partial charge in [-0.2, -0.15) is 11.3 Å². The molecule has 2 aromatic rings. The molecule has 0 aliphatic heterocycles. The van der Waals surface area contributed by atoms with E-state index in [2.05, 4.69) is 15.3 Å². The van der Waals surface area contributed by atoms with Gasteiger partial charge in [-0.25, -0.2) is 4.79 Å². The smallest absolute Gasteiger partial charge is 0.325 e. The van der Waals surface area contributed by atoms with Gasteiger partial charge in [0.15, 0.2) is 0 Å². The zero-order chi connectivity index (χ0) is 17.8. The number of aromatic amines is 2. The minimum atomic E-state index is -0.541. The number of H-pyrrole nitrogens is 2. The molecule has 0 unspecified atom stereocenters. The maximum atomic E-state index is 13.0. The van der Waals surface area contributed by atoms with Crippen molar-refractivity contribution >= 4 is 17.2 Å². The van der Waals surface area contributed by atoms with E-state index >= 15 is 0 Å². The van der Waals surface area contributed by atoms with Gasteiger partial charge in [0.25, 0.3) is 5.56 Å². The van der Waals surface area contributed by atoms with Crippen molar-refractivity contribution in [3.05, 3.63) is 54.5 Å². The summed E-state index contributed by atoms with van der Waals surface area (Å²) in [6.07, 6.45) is 5.52. The van der Waals surface area contributed by atoms with Gasteiger partial charge in [0, 0.05) is 23.8 Å². The number of nitrogens with one attached hydrogen (secondary N) is 2. The fourth-order valence-electron chi connectivity index (χ4n) is 3.48. The molecule has 1 amide bonds. The van der Waals surface area contributed by atoms with Crippen LogP contribution in [-0.2, 0) is 17.8 Å². The van der Waals surface area contributed by atoms with Crippen LogP contribution in [0.5, 0.6) is 0 Å². The Morgan fingerprint density at radius 1 is 1.24 bits per heavy atom. The van der Waals surface area contributed by atoms with Gasteiger partial charge >= 0.3 is 5.69 Å². The first-order valence-electron chi connectivity index (χ1n) is 8.67. The third-order valence-corrected chi connectivity index (χ3v) is 5.58. The van der Waals surface area contributed by atoms with E-state index in [1.165, 1.54) is 6.42 Å². The summed E-state index contributed by atoms with van der Waals surface area (Å²) in [5.41, 5.74) is 0.905. The van der Waals surface area contributed by atoms with Gasteiger partial charge in [-0.1, -0.05) is 19.3 Å². The summed E-state index contributed by atoms with van der Waals surface area (Å²) in [5.74, 6) is -0.0567. The molecule has 1 fully saturated rings. The summed E-state index contributed by atoms with van der Waals surface area (Å²) in [5, 5.41) is 4.07. The van der Waals surface area contributed by atoms with E-state index in [-0.39, 0.29) is 18.4 Å². The van der Waals surface area contributed by atoms with E-state index in [1.54, 1.807) is 18.3 Å². The molecule has 1 saturated carbocycles. The van der Waals surface area contributed by atoms with Gasteiger partial charge in [-0.05, 0) is 42.2 Å². The van der Waals surface area contributed by atoms with Crippen LogP contribution in [0.4, 0.5) is 0 Å². The Morgan fingerprint density at radius 3 is 2.64 bits per heavy atom. The van der Waals surface area contributed by atoms with Crippen molar-refractivity contribution in [1.82, 2.24) is 14.9 Å². The summed E-state index contributed by atoms with van der Waals surface area (Å²) in [6.45, 7) is 2.23. The van der Waals surface area contributed by atoms with E-state index in [9.17, 15) is 14.4 Å². The van der Waals surface area contributed by atoms with Gasteiger partial charge in [0.05, 0.1) is 6.42 Å². The van der Waals surface area contributed by atoms with Gasteiger partial charge in [0.2, 0.25) is 5.91 Å². The second kappa shape index (κ2) is 7.82. The van der Waals surface area contributed by atoms with E-state index in [4.69, 9.17) is 0 Å². The van der Waals surface area contributed by atoms with Crippen molar-refractivity contribution in [2.75, 3.05) is 0 Å². The van der Waals surface area contributed by atoms with Crippen LogP contribution in [0, 0.1) is 6.92 Å². The number of carbonyl (C=O) groups is 1. The van der Waals surface area contributed by atoms with Gasteiger partial charge in [-0.15, -0.1) is 0 Å². The van der Waals surface area contributed by atoms with Gasteiger partial charge < -0.3 is 9.88 Å². The average Bonchev–Trinajstić information content (AvgIpc) is 3.09. The minimum Gasteiger partial charge on any atom is -0.335 e. The molecule has 0 atom stereocenters. The van der Waals surface area contributed by atoms with Crippen molar-refractivity contribution < 1.29 is 4.79 Å². The zero-order valence-corrected chi connectivity index (χ0v) is 15.2. The number of rotatable bonds is 5. The third kappa shape index (κ3) is 4.28. The first kappa shape index (κ1) is 17.7. The van der Waals surface area contributed by atoms with E-state index in [0.717, 1.165) is 31.2 Å². The fourth-order valence-corrected chi connectivity index (χ4v) is 4.14. The van der Waals surface area contributed by atoms with Gasteiger partial charge in [0.1, 0.15) is 0 Å². The maximum Gasteiger partial charge on any atom is 0.325 e. The minimum absolute atomic E-state index is 0.0125. The predicted molar refractivity (Wildman–Crippen MR) is 97.9 cm³/mol. The van der Waals surface area contributed by atoms with Crippen LogP contribution in [0.3, 0.4) is 0 Å². The Balaban J connectivity index is 1.83. The maximum absolute atomic E-state index is 13.0. The van der Waals surface area contributed by atoms with Crippen LogP contribution in [0.25, 0.3) is 0 Å². The topological polar surface area (TPSA) is 86.0 Å². The molecule has 1 aliphatic rings. The SMILES string of the molecule is Cc1[nH]c(=O)[nH]c(=O)c1CC(=O)N(Cc1ccsc1)C1CCCCC1. The normalized spacial score (nSPS) is 15.2. The summed E-state index contributed by atoms with van der Waals surface area (Å²) >= 11 is 1.62. The molecule has 0 aromatic carbocycles. The number of hydrogen-bond acceptors (Lipinski definition) is 4. The second-order valence-electron chi connectivity index (χ2n) is 6.63. The molecular weight excluding hydrogens is 338 g/mol. The monoisotopic (exact) mass is 361 g/mol. The lowest BCUT2D eigenvalue weighted by molar-refractivity contribution is -0.134. The second-order valence-corrected chi connectivity index (χ2v) is 7.41. The lowest BCUT2D eigenvalue weighted by Crippen LogP contribution is -2.42. The lowest BCUT2D eigenvalue weighted by Gasteiger charge is -2.34. The first-order valence-corrected chi connectivity index (χ1v) is 9.61. The van der Waals surface area contributed by atoms with Crippen LogP contribution in [0.15, 0.2) is 26.4 Å². The van der Waals surface area contributed by atoms with Crippen molar-refractivity contribution in [3.8, 4) is 0 Å². The highest BCUT2D eigenvalue weighted by molar-refractivity contribution is 7.07. The van der Waals surface area contributed by atoms with E-state index < -0.39 is 11.2 Å². The zero-order valence-electron chi connectivity index (χ0n) is 14.3. The summed E-state index contributed by atoms with van der Waals surface area (Å²) < 4.78 is 0. The highest BCUT2D eigenvalue weighted by atomic mass is 32.1. The average molecular weight is 361 g/mol. The van der Waals surface area contributed by atoms with Crippen molar-refractivity contribution in [1.29, 1.82) is 0 Å². The molecule has 0 bridgehead atoms. The molecule has 7 heteroatoms. The van der Waals surface area contributed by atoms with Crippen LogP contribution in [0.1, 0.15) is 48.9 Å². The molecule has 0 spiro atoms. The Bertz CT molecular complexity index is 832. The first-order chi connectivity index (χ1) is 12.0. The van der Waals surface area contributed by atoms with Crippen molar-refractivity contribution in [3.63, 3.8) is 0 Å². The Hall–Kier alpha value is -2.15. The number of amides is 1. The van der Waals surface area contributed by atoms with Crippen LogP contribution in [0.2, 0.25) is 0 Å². The molecule has 6 nitrogen and oxygen atoms in total. The molecule has 0 radical (unpaired) electrons. The number of thiophene rings is 1. The molecule has 3 rings (SSSR count). The summed E-state index contributed by atoms with van der Waals surface area (Å²) in [4.78, 5) is 43.1. The van der Waals surface area contributed by atoms with E-state index in [0.29, 0.717) is 17.8 Å². The molecule has 1 aliphatic carbocycles. The predicted octanol–water partition coefficient (Wildman–Crippen LogP) is 2.34. The highest BCUT2D eigenvalue weighted by Gasteiger charge is 2.26. The molecule has 2 heterocycles. The Morgan fingerprint density at radius 2 is 2.00 bits per heavy atom. The number of aryl methyl sites for hydroxylation is 1. The number of aromatic nitrogens is 2. The third-order valence-electron chi connectivity index (χ3n) is 4.85. The molecular formula is C18H23N3O3S. The van der Waals surface area contributed by atoms with Crippen LogP contribution >= 0.6 is 11.3 Å². The lowest BCUT2D eigenvalue weighted by atomic mass is 9.93. The molecule has 134 valence electrons. The molecule has 25 heavy (non-hydrogen) atoms. The molecule has 0 saturated heterocycles. The van der Waals surface area contributed by atoms with Crippen molar-refractivity contribution in [2.45, 2.75) is 58.0 Å². The summed E-state index contributed by atoms with van der Waals surface area (Å²) in [6, 6.07) is 2.26. The van der Waals surface area contributed by atoms with Crippen LogP contribution in [-0.4, -0.2) is 26.8 Å². The largest absolute Gasteiger partial charge is 0.335 e. The highest BCUT2D eigenvalue weighted by Crippen LogP contribution is 2.25. The fraction of sp³-hybridized carbons (Fsp3) is 0.500. The van der Waals surface area contributed by atoms with Gasteiger partial charge in [-0.3, -0.25) is 14.6 Å². The Kier molecular flexibility index (Phi) is 5.53. The number of carbonyl (C=O) groups excluding carboxylic acids is 1. The molecule has 2 aromatic heterocycles. The van der Waals surface area contributed by atoms with Crippen LogP contribution < -0.4 is 11.2 Å². The Labute approximate surface area is 149 Å². The number of hydrogen-bond donors (Lipinski definition) is 2. The summed E-state index contributed by atoms with van der Waals surface area (Å²) in [7, 11) is 0. The van der Waals surface area contributed by atoms with Crippen molar-refractivity contribution in [2.24, 2.45) is 0 Å². The quantitative estimate of drug-likeness (QED) is 0.857. The molecule has 2 N–H and O–H groups in total. The van der Waals surface area contributed by atoms with E-state index in [1.807, 2.05) is 16.3 Å². The number of nitrogens with zero attached hydrogens (tertiary/aromatic N) is 1.